The first-order valence-corrected chi connectivity index (χ1v) is 12.9. The number of benzene rings is 2. The number of amides is 3. The van der Waals surface area contributed by atoms with Crippen LogP contribution in [0.25, 0.3) is 0 Å². The maximum Gasteiger partial charge on any atom is 0.416 e. The number of carbonyl (C=O) groups excluding carboxylic acids is 3. The number of likely N-dealkylation sites (tertiary alicyclic amines) is 1. The predicted octanol–water partition coefficient (Wildman–Crippen LogP) is 3.23. The summed E-state index contributed by atoms with van der Waals surface area (Å²) in [4.78, 5) is 39.0. The Bertz CT molecular complexity index is 1120. The molecule has 0 radical (unpaired) electrons. The molecule has 3 N–H and O–H groups in total. The van der Waals surface area contributed by atoms with Crippen LogP contribution in [0.2, 0.25) is 0 Å². The maximum atomic E-state index is 12.9. The van der Waals surface area contributed by atoms with Crippen molar-refractivity contribution in [1.82, 2.24) is 20.9 Å². The van der Waals surface area contributed by atoms with Crippen molar-refractivity contribution in [2.75, 3.05) is 39.9 Å². The number of piperidine rings is 1. The molecule has 8 nitrogen and oxygen atoms in total. The van der Waals surface area contributed by atoms with Gasteiger partial charge in [-0.2, -0.15) is 13.2 Å². The summed E-state index contributed by atoms with van der Waals surface area (Å²) < 4.78 is 43.5. The lowest BCUT2D eigenvalue weighted by molar-refractivity contribution is -0.137. The standard InChI is InChI=1S/C28H35F3N4O4/c1-19(34-25(36)17-33-27(38)23-4-3-5-24(16-23)28(29,30)31)21-10-13-35(14-11-21)18-20-6-8-22(9-7-20)26(37)32-12-15-39-2/h3-9,16,19,21H,10-15,17-18H2,1-2H3,(H,32,37)(H,33,38)(H,34,36). The molecule has 3 amide bonds. The van der Waals surface area contributed by atoms with Crippen molar-refractivity contribution in [1.29, 1.82) is 0 Å². The quantitative estimate of drug-likeness (QED) is 0.375. The van der Waals surface area contributed by atoms with Crippen LogP contribution in [0.15, 0.2) is 48.5 Å². The Kier molecular flexibility index (Phi) is 10.9. The van der Waals surface area contributed by atoms with Gasteiger partial charge in [0.1, 0.15) is 0 Å². The van der Waals surface area contributed by atoms with E-state index in [1.807, 2.05) is 31.2 Å². The van der Waals surface area contributed by atoms with Gasteiger partial charge in [0, 0.05) is 37.4 Å². The molecular formula is C28H35F3N4O4. The zero-order valence-electron chi connectivity index (χ0n) is 22.1. The molecule has 1 fully saturated rings. The number of halogens is 3. The molecule has 1 unspecified atom stereocenters. The van der Waals surface area contributed by atoms with Gasteiger partial charge in [-0.05, 0) is 74.7 Å². The van der Waals surface area contributed by atoms with Gasteiger partial charge in [-0.3, -0.25) is 19.3 Å². The minimum absolute atomic E-state index is 0.110. The molecule has 3 rings (SSSR count). The van der Waals surface area contributed by atoms with E-state index in [2.05, 4.69) is 20.9 Å². The normalized spacial score (nSPS) is 15.4. The fraction of sp³-hybridized carbons (Fsp3) is 0.464. The second kappa shape index (κ2) is 14.1. The van der Waals surface area contributed by atoms with E-state index in [1.54, 1.807) is 7.11 Å². The largest absolute Gasteiger partial charge is 0.416 e. The minimum atomic E-state index is -4.55. The molecule has 1 aliphatic heterocycles. The molecule has 1 aliphatic rings. The molecule has 0 aliphatic carbocycles. The number of hydrogen-bond acceptors (Lipinski definition) is 5. The highest BCUT2D eigenvalue weighted by atomic mass is 19.4. The summed E-state index contributed by atoms with van der Waals surface area (Å²) in [5.74, 6) is -0.998. The first-order chi connectivity index (χ1) is 18.6. The molecule has 2 aromatic carbocycles. The van der Waals surface area contributed by atoms with E-state index >= 15 is 0 Å². The van der Waals surface area contributed by atoms with Crippen molar-refractivity contribution >= 4 is 17.7 Å². The van der Waals surface area contributed by atoms with Gasteiger partial charge in [0.15, 0.2) is 0 Å². The van der Waals surface area contributed by atoms with Crippen molar-refractivity contribution in [2.24, 2.45) is 5.92 Å². The number of nitrogens with one attached hydrogen (secondary N) is 3. The number of hydrogen-bond donors (Lipinski definition) is 3. The van der Waals surface area contributed by atoms with Crippen LogP contribution < -0.4 is 16.0 Å². The number of alkyl halides is 3. The summed E-state index contributed by atoms with van der Waals surface area (Å²) in [7, 11) is 1.58. The molecule has 212 valence electrons. The molecule has 39 heavy (non-hydrogen) atoms. The third-order valence-electron chi connectivity index (χ3n) is 6.80. The second-order valence-electron chi connectivity index (χ2n) is 9.68. The summed E-state index contributed by atoms with van der Waals surface area (Å²) in [6.45, 7) is 5.00. The van der Waals surface area contributed by atoms with Crippen molar-refractivity contribution < 1.29 is 32.3 Å². The lowest BCUT2D eigenvalue weighted by Crippen LogP contribution is -2.46. The van der Waals surface area contributed by atoms with Crippen molar-refractivity contribution in [3.05, 3.63) is 70.8 Å². The molecule has 0 aromatic heterocycles. The summed E-state index contributed by atoms with van der Waals surface area (Å²) in [6.07, 6.45) is -2.78. The van der Waals surface area contributed by atoms with E-state index < -0.39 is 23.6 Å². The van der Waals surface area contributed by atoms with Crippen LogP contribution in [0, 0.1) is 5.92 Å². The molecule has 11 heteroatoms. The summed E-state index contributed by atoms with van der Waals surface area (Å²) in [5.41, 5.74) is 0.639. The van der Waals surface area contributed by atoms with Crippen LogP contribution >= 0.6 is 0 Å². The highest BCUT2D eigenvalue weighted by molar-refractivity contribution is 5.96. The Hall–Kier alpha value is -3.44. The average Bonchev–Trinajstić information content (AvgIpc) is 2.92. The third kappa shape index (κ3) is 9.36. The van der Waals surface area contributed by atoms with E-state index in [0.717, 1.165) is 56.2 Å². The molecule has 0 bridgehead atoms. The fourth-order valence-electron chi connectivity index (χ4n) is 4.52. The van der Waals surface area contributed by atoms with Crippen LogP contribution in [0.1, 0.15) is 51.6 Å². The first kappa shape index (κ1) is 30.1. The number of rotatable bonds is 11. The summed E-state index contributed by atoms with van der Waals surface area (Å²) in [6, 6.07) is 11.5. The number of ether oxygens (including phenoxy) is 1. The predicted molar refractivity (Wildman–Crippen MR) is 140 cm³/mol. The van der Waals surface area contributed by atoms with E-state index in [1.165, 1.54) is 6.07 Å². The Morgan fingerprint density at radius 1 is 1.00 bits per heavy atom. The van der Waals surface area contributed by atoms with E-state index in [4.69, 9.17) is 4.74 Å². The second-order valence-corrected chi connectivity index (χ2v) is 9.68. The third-order valence-corrected chi connectivity index (χ3v) is 6.80. The van der Waals surface area contributed by atoms with Gasteiger partial charge in [0.05, 0.1) is 18.7 Å². The molecule has 2 aromatic rings. The van der Waals surface area contributed by atoms with Gasteiger partial charge in [-0.15, -0.1) is 0 Å². The molecule has 1 heterocycles. The SMILES string of the molecule is COCCNC(=O)c1ccc(CN2CCC(C(C)NC(=O)CNC(=O)c3cccc(C(F)(F)F)c3)CC2)cc1. The van der Waals surface area contributed by atoms with Gasteiger partial charge in [-0.1, -0.05) is 18.2 Å². The minimum Gasteiger partial charge on any atom is -0.383 e. The van der Waals surface area contributed by atoms with E-state index in [9.17, 15) is 27.6 Å². The van der Waals surface area contributed by atoms with E-state index in [0.29, 0.717) is 18.7 Å². The lowest BCUT2D eigenvalue weighted by atomic mass is 9.90. The molecular weight excluding hydrogens is 513 g/mol. The highest BCUT2D eigenvalue weighted by Crippen LogP contribution is 2.29. The molecule has 1 atom stereocenters. The average molecular weight is 549 g/mol. The summed E-state index contributed by atoms with van der Waals surface area (Å²) in [5, 5.41) is 8.08. The van der Waals surface area contributed by atoms with Crippen molar-refractivity contribution in [3.8, 4) is 0 Å². The smallest absolute Gasteiger partial charge is 0.383 e. The lowest BCUT2D eigenvalue weighted by Gasteiger charge is -2.35. The first-order valence-electron chi connectivity index (χ1n) is 12.9. The van der Waals surface area contributed by atoms with Gasteiger partial charge < -0.3 is 20.7 Å². The van der Waals surface area contributed by atoms with Crippen molar-refractivity contribution in [3.63, 3.8) is 0 Å². The zero-order valence-corrected chi connectivity index (χ0v) is 22.1. The van der Waals surface area contributed by atoms with Crippen LogP contribution in [0.5, 0.6) is 0 Å². The van der Waals surface area contributed by atoms with E-state index in [-0.39, 0.29) is 30.0 Å². The number of nitrogens with zero attached hydrogens (tertiary/aromatic N) is 1. The fourth-order valence-corrected chi connectivity index (χ4v) is 4.52. The molecule has 0 saturated carbocycles. The van der Waals surface area contributed by atoms with Crippen LogP contribution in [-0.2, 0) is 22.3 Å². The van der Waals surface area contributed by atoms with Crippen LogP contribution in [0.4, 0.5) is 13.2 Å². The van der Waals surface area contributed by atoms with Crippen molar-refractivity contribution in [2.45, 2.75) is 38.5 Å². The molecule has 1 saturated heterocycles. The van der Waals surface area contributed by atoms with Gasteiger partial charge in [-0.25, -0.2) is 0 Å². The van der Waals surface area contributed by atoms with Crippen LogP contribution in [-0.4, -0.2) is 68.6 Å². The summed E-state index contributed by atoms with van der Waals surface area (Å²) >= 11 is 0. The zero-order chi connectivity index (χ0) is 28.4. The topological polar surface area (TPSA) is 99.8 Å². The maximum absolute atomic E-state index is 12.9. The highest BCUT2D eigenvalue weighted by Gasteiger charge is 2.31. The van der Waals surface area contributed by atoms with Gasteiger partial charge in [0.25, 0.3) is 11.8 Å². The number of methoxy groups -OCH3 is 1. The Balaban J connectivity index is 1.38. The molecule has 0 spiro atoms. The van der Waals surface area contributed by atoms with Gasteiger partial charge in [0.2, 0.25) is 5.91 Å². The number of carbonyl (C=O) groups is 3. The monoisotopic (exact) mass is 548 g/mol. The Labute approximate surface area is 226 Å². The van der Waals surface area contributed by atoms with Crippen LogP contribution in [0.3, 0.4) is 0 Å². The Morgan fingerprint density at radius 2 is 1.67 bits per heavy atom. The Morgan fingerprint density at radius 3 is 2.31 bits per heavy atom. The van der Waals surface area contributed by atoms with Gasteiger partial charge >= 0.3 is 6.18 Å².